The molecule has 0 amide bonds. The van der Waals surface area contributed by atoms with E-state index in [4.69, 9.17) is 29.6 Å². The van der Waals surface area contributed by atoms with Gasteiger partial charge in [0.2, 0.25) is 0 Å². The summed E-state index contributed by atoms with van der Waals surface area (Å²) < 4.78 is 5.65. The first kappa shape index (κ1) is 12.6. The molecule has 1 aliphatic rings. The first-order valence-electron chi connectivity index (χ1n) is 5.24. The van der Waals surface area contributed by atoms with Gasteiger partial charge in [-0.2, -0.15) is 0 Å². The third-order valence-corrected chi connectivity index (χ3v) is 3.12. The van der Waals surface area contributed by atoms with Gasteiger partial charge in [-0.1, -0.05) is 11.2 Å². The van der Waals surface area contributed by atoms with E-state index in [2.05, 4.69) is 0 Å². The number of rotatable bonds is 3. The van der Waals surface area contributed by atoms with Crippen molar-refractivity contribution in [3.05, 3.63) is 0 Å². The SMILES string of the molecule is CCC(C)OC(=O)C1CCCN1C(=S)[S-]. The number of nitrogens with zero attached hydrogens (tertiary/aromatic N) is 1. The lowest BCUT2D eigenvalue weighted by Gasteiger charge is -2.29. The van der Waals surface area contributed by atoms with Gasteiger partial charge in [0.1, 0.15) is 6.04 Å². The molecule has 1 saturated heterocycles. The number of hydrogen-bond acceptors (Lipinski definition) is 4. The molecular formula is C10H16NO2S2-. The number of ether oxygens (including phenoxy) is 1. The maximum absolute atomic E-state index is 11.8. The smallest absolute Gasteiger partial charge is 0.328 e. The molecule has 1 heterocycles. The summed E-state index contributed by atoms with van der Waals surface area (Å²) in [7, 11) is 0. The lowest BCUT2D eigenvalue weighted by atomic mass is 10.2. The molecule has 0 saturated carbocycles. The number of carbonyl (C=O) groups excluding carboxylic acids is 1. The van der Waals surface area contributed by atoms with Crippen molar-refractivity contribution >= 4 is 35.1 Å². The third kappa shape index (κ3) is 3.28. The molecule has 1 rings (SSSR count). The summed E-state index contributed by atoms with van der Waals surface area (Å²) in [5.74, 6) is -0.186. The van der Waals surface area contributed by atoms with Gasteiger partial charge in [-0.05, 0) is 26.2 Å². The molecule has 0 bridgehead atoms. The summed E-state index contributed by atoms with van der Waals surface area (Å²) in [4.78, 5) is 13.5. The van der Waals surface area contributed by atoms with Gasteiger partial charge in [0.05, 0.1) is 6.10 Å². The second-order valence-electron chi connectivity index (χ2n) is 3.77. The van der Waals surface area contributed by atoms with Crippen LogP contribution >= 0.6 is 12.2 Å². The van der Waals surface area contributed by atoms with Gasteiger partial charge in [-0.25, -0.2) is 4.79 Å². The molecule has 1 fully saturated rings. The summed E-state index contributed by atoms with van der Waals surface area (Å²) >= 11 is 9.85. The Labute approximate surface area is 102 Å². The summed E-state index contributed by atoms with van der Waals surface area (Å²) in [6.45, 7) is 4.66. The molecule has 2 unspecified atom stereocenters. The molecule has 3 nitrogen and oxygen atoms in total. The van der Waals surface area contributed by atoms with Crippen LogP contribution in [0.2, 0.25) is 0 Å². The molecule has 0 aromatic rings. The summed E-state index contributed by atoms with van der Waals surface area (Å²) in [5, 5.41) is 0. The van der Waals surface area contributed by atoms with Crippen LogP contribution in [0.1, 0.15) is 33.1 Å². The Kier molecular flexibility index (Phi) is 4.73. The first-order valence-corrected chi connectivity index (χ1v) is 6.06. The molecule has 0 aromatic heterocycles. The van der Waals surface area contributed by atoms with Crippen molar-refractivity contribution in [3.63, 3.8) is 0 Å². The zero-order chi connectivity index (χ0) is 11.4. The first-order chi connectivity index (χ1) is 7.06. The molecule has 15 heavy (non-hydrogen) atoms. The predicted molar refractivity (Wildman–Crippen MR) is 65.5 cm³/mol. The minimum Gasteiger partial charge on any atom is -0.461 e. The standard InChI is InChI=1S/C10H17NO2S2/c1-3-7(2)13-9(12)8-5-4-6-11(8)10(14)15/h7-8H,3-6H2,1-2H3,(H,14,15)/p-1. The van der Waals surface area contributed by atoms with E-state index in [0.29, 0.717) is 4.32 Å². The van der Waals surface area contributed by atoms with Crippen molar-refractivity contribution in [2.24, 2.45) is 0 Å². The molecule has 2 atom stereocenters. The number of carbonyl (C=O) groups is 1. The second-order valence-corrected chi connectivity index (χ2v) is 4.80. The molecule has 0 radical (unpaired) electrons. The normalized spacial score (nSPS) is 22.5. The summed E-state index contributed by atoms with van der Waals surface area (Å²) in [6.07, 6.45) is 2.55. The van der Waals surface area contributed by atoms with Crippen LogP contribution in [0, 0.1) is 0 Å². The van der Waals surface area contributed by atoms with Crippen LogP contribution in [0.25, 0.3) is 0 Å². The fourth-order valence-electron chi connectivity index (χ4n) is 1.59. The average Bonchev–Trinajstić information content (AvgIpc) is 2.65. The third-order valence-electron chi connectivity index (χ3n) is 2.65. The van der Waals surface area contributed by atoms with Crippen molar-refractivity contribution in [1.29, 1.82) is 0 Å². The van der Waals surface area contributed by atoms with Gasteiger partial charge in [0.25, 0.3) is 0 Å². The van der Waals surface area contributed by atoms with E-state index >= 15 is 0 Å². The van der Waals surface area contributed by atoms with E-state index in [1.807, 2.05) is 13.8 Å². The van der Waals surface area contributed by atoms with Crippen molar-refractivity contribution in [2.45, 2.75) is 45.3 Å². The van der Waals surface area contributed by atoms with Gasteiger partial charge in [0.15, 0.2) is 0 Å². The Morgan fingerprint density at radius 3 is 2.93 bits per heavy atom. The van der Waals surface area contributed by atoms with Crippen LogP contribution in [0.5, 0.6) is 0 Å². The van der Waals surface area contributed by atoms with E-state index in [1.165, 1.54) is 0 Å². The highest BCUT2D eigenvalue weighted by Crippen LogP contribution is 2.19. The van der Waals surface area contributed by atoms with Crippen molar-refractivity contribution < 1.29 is 9.53 Å². The van der Waals surface area contributed by atoms with Gasteiger partial charge in [0, 0.05) is 6.54 Å². The summed E-state index contributed by atoms with van der Waals surface area (Å²) in [5.41, 5.74) is 0. The minimum absolute atomic E-state index is 0.0290. The fraction of sp³-hybridized carbons (Fsp3) is 0.800. The summed E-state index contributed by atoms with van der Waals surface area (Å²) in [6, 6.07) is -0.246. The van der Waals surface area contributed by atoms with Crippen molar-refractivity contribution in [1.82, 2.24) is 4.90 Å². The highest BCUT2D eigenvalue weighted by molar-refractivity contribution is 8.00. The molecule has 0 aromatic carbocycles. The molecule has 0 N–H and O–H groups in total. The maximum atomic E-state index is 11.8. The minimum atomic E-state index is -0.246. The van der Waals surface area contributed by atoms with E-state index < -0.39 is 0 Å². The molecule has 0 aliphatic carbocycles. The Bertz CT molecular complexity index is 258. The number of esters is 1. The molecular weight excluding hydrogens is 230 g/mol. The second kappa shape index (κ2) is 5.61. The Hall–Kier alpha value is -0.420. The number of likely N-dealkylation sites (tertiary alicyclic amines) is 1. The van der Waals surface area contributed by atoms with Crippen LogP contribution in [-0.4, -0.2) is 33.9 Å². The van der Waals surface area contributed by atoms with Gasteiger partial charge >= 0.3 is 5.97 Å². The van der Waals surface area contributed by atoms with Gasteiger partial charge in [-0.3, -0.25) is 0 Å². The lowest BCUT2D eigenvalue weighted by molar-refractivity contribution is -0.152. The van der Waals surface area contributed by atoms with Gasteiger partial charge in [-0.15, -0.1) is 0 Å². The lowest BCUT2D eigenvalue weighted by Crippen LogP contribution is -2.40. The Balaban J connectivity index is 2.55. The number of hydrogen-bond donors (Lipinski definition) is 0. The highest BCUT2D eigenvalue weighted by Gasteiger charge is 2.31. The van der Waals surface area contributed by atoms with E-state index in [-0.39, 0.29) is 18.1 Å². The average molecular weight is 246 g/mol. The van der Waals surface area contributed by atoms with Crippen LogP contribution in [0.4, 0.5) is 0 Å². The van der Waals surface area contributed by atoms with Crippen LogP contribution < -0.4 is 0 Å². The van der Waals surface area contributed by atoms with E-state index in [1.54, 1.807) is 4.90 Å². The number of thiocarbonyl (C=S) groups is 1. The molecule has 86 valence electrons. The quantitative estimate of drug-likeness (QED) is 0.429. The predicted octanol–water partition coefficient (Wildman–Crippen LogP) is 1.62. The van der Waals surface area contributed by atoms with Crippen LogP contribution in [0.15, 0.2) is 0 Å². The van der Waals surface area contributed by atoms with E-state index in [0.717, 1.165) is 25.8 Å². The topological polar surface area (TPSA) is 29.5 Å². The molecule has 1 aliphatic heterocycles. The fourth-order valence-corrected chi connectivity index (χ4v) is 2.03. The van der Waals surface area contributed by atoms with Crippen molar-refractivity contribution in [2.75, 3.05) is 6.54 Å². The van der Waals surface area contributed by atoms with Crippen LogP contribution in [-0.2, 0) is 22.2 Å². The monoisotopic (exact) mass is 246 g/mol. The van der Waals surface area contributed by atoms with Gasteiger partial charge < -0.3 is 34.5 Å². The molecule has 0 spiro atoms. The maximum Gasteiger partial charge on any atom is 0.328 e. The highest BCUT2D eigenvalue weighted by atomic mass is 32.1. The van der Waals surface area contributed by atoms with E-state index in [9.17, 15) is 4.79 Å². The zero-order valence-electron chi connectivity index (χ0n) is 9.06. The Morgan fingerprint density at radius 2 is 2.40 bits per heavy atom. The molecule has 5 heteroatoms. The Morgan fingerprint density at radius 1 is 1.73 bits per heavy atom. The van der Waals surface area contributed by atoms with Crippen molar-refractivity contribution in [3.8, 4) is 0 Å². The largest absolute Gasteiger partial charge is 0.461 e. The van der Waals surface area contributed by atoms with Crippen LogP contribution in [0.3, 0.4) is 0 Å². The zero-order valence-corrected chi connectivity index (χ0v) is 10.7.